The molecule has 0 fully saturated rings. The largest absolute Gasteiger partial charge is 0.439 e. The molecule has 0 radical (unpaired) electrons. The van der Waals surface area contributed by atoms with Gasteiger partial charge in [0.25, 0.3) is 0 Å². The molecule has 8 nitrogen and oxygen atoms in total. The van der Waals surface area contributed by atoms with Crippen LogP contribution in [-0.4, -0.2) is 22.3 Å². The summed E-state index contributed by atoms with van der Waals surface area (Å²) in [5.41, 5.74) is 4.68. The molecule has 3 heterocycles. The van der Waals surface area contributed by atoms with Gasteiger partial charge in [0.2, 0.25) is 17.3 Å². The van der Waals surface area contributed by atoms with E-state index in [1.54, 1.807) is 0 Å². The Morgan fingerprint density at radius 1 is 0.744 bits per heavy atom. The van der Waals surface area contributed by atoms with Crippen LogP contribution < -0.4 is 5.43 Å². The molecule has 0 amide bonds. The van der Waals surface area contributed by atoms with Crippen LogP contribution in [0.4, 0.5) is 0 Å². The van der Waals surface area contributed by atoms with Crippen LogP contribution in [0.5, 0.6) is 0 Å². The number of hydrogen-bond acceptors (Lipinski definition) is 7. The molecule has 0 aliphatic carbocycles. The van der Waals surface area contributed by atoms with Crippen molar-refractivity contribution in [2.24, 2.45) is 15.3 Å². The van der Waals surface area contributed by atoms with E-state index in [1.165, 1.54) is 12.8 Å². The summed E-state index contributed by atoms with van der Waals surface area (Å²) >= 11 is 0. The molecule has 2 atom stereocenters. The molecule has 8 heteroatoms. The highest BCUT2D eigenvalue weighted by atomic mass is 16.4. The Balaban J connectivity index is 1.66. The third kappa shape index (κ3) is 4.02. The lowest BCUT2D eigenvalue weighted by molar-refractivity contribution is 0.212. The number of fused-ring (bicyclic) bond motifs is 2. The van der Waals surface area contributed by atoms with Crippen LogP contribution in [0.2, 0.25) is 0 Å². The van der Waals surface area contributed by atoms with E-state index in [-0.39, 0.29) is 0 Å². The molecule has 3 aromatic carbocycles. The maximum atomic E-state index is 6.55. The summed E-state index contributed by atoms with van der Waals surface area (Å²) in [5.74, 6) is 1.56. The van der Waals surface area contributed by atoms with Gasteiger partial charge in [0.15, 0.2) is 11.2 Å². The molecule has 1 aliphatic heterocycles. The minimum atomic E-state index is -1.23. The summed E-state index contributed by atoms with van der Waals surface area (Å²) in [6, 6.07) is 25.6. The minimum absolute atomic E-state index is 0.419. The molecule has 0 spiro atoms. The highest BCUT2D eigenvalue weighted by Gasteiger charge is 2.65. The normalized spacial score (nSPS) is 22.1. The summed E-state index contributed by atoms with van der Waals surface area (Å²) in [6.45, 7) is 4.96. The van der Waals surface area contributed by atoms with Crippen molar-refractivity contribution in [3.05, 3.63) is 96.2 Å². The van der Waals surface area contributed by atoms with E-state index in [0.29, 0.717) is 41.7 Å². The predicted molar refractivity (Wildman–Crippen MR) is 152 cm³/mol. The van der Waals surface area contributed by atoms with Gasteiger partial charge >= 0.3 is 0 Å². The van der Waals surface area contributed by atoms with Gasteiger partial charge in [0.1, 0.15) is 22.3 Å². The number of hydrogen-bond donors (Lipinski definition) is 1. The van der Waals surface area contributed by atoms with Crippen molar-refractivity contribution >= 4 is 28.0 Å². The maximum Gasteiger partial charge on any atom is 0.231 e. The number of unbranched alkanes of at least 4 members (excludes halogenated alkanes) is 3. The van der Waals surface area contributed by atoms with Crippen molar-refractivity contribution in [3.63, 3.8) is 0 Å². The number of para-hydroxylation sites is 4. The molecule has 39 heavy (non-hydrogen) atoms. The van der Waals surface area contributed by atoms with E-state index < -0.39 is 11.0 Å². The number of aliphatic imine (C=N–C) groups is 1. The van der Waals surface area contributed by atoms with Crippen LogP contribution in [0.15, 0.2) is 103 Å². The molecular weight excluding hydrogens is 488 g/mol. The molecule has 5 aromatic rings. The fraction of sp³-hybridized carbons (Fsp3) is 0.323. The number of oxazole rings is 2. The van der Waals surface area contributed by atoms with Gasteiger partial charge in [-0.2, -0.15) is 0 Å². The average Bonchev–Trinajstić information content (AvgIpc) is 3.62. The standard InChI is InChI=1S/C31H32N6O2/c1-3-5-6-14-21-32-27-30(4-2,28-33-23-17-10-12-19-25(23)38-28)31(36-37-35-27,22-15-8-7-9-16-22)29-34-24-18-11-13-20-26(24)39-29/h7-13,15-20H,3-6,14,21H2,1-2H3,(H,32,35,36). The third-order valence-electron chi connectivity index (χ3n) is 7.64. The maximum absolute atomic E-state index is 6.55. The Bertz CT molecular complexity index is 1570. The van der Waals surface area contributed by atoms with Gasteiger partial charge < -0.3 is 8.83 Å². The van der Waals surface area contributed by atoms with Crippen molar-refractivity contribution < 1.29 is 8.83 Å². The zero-order valence-electron chi connectivity index (χ0n) is 22.3. The second kappa shape index (κ2) is 10.4. The Morgan fingerprint density at radius 3 is 2.05 bits per heavy atom. The van der Waals surface area contributed by atoms with E-state index in [1.807, 2.05) is 78.9 Å². The fourth-order valence-corrected chi connectivity index (χ4v) is 5.64. The van der Waals surface area contributed by atoms with Crippen LogP contribution in [0.3, 0.4) is 0 Å². The van der Waals surface area contributed by atoms with Crippen LogP contribution in [-0.2, 0) is 11.0 Å². The van der Waals surface area contributed by atoms with Gasteiger partial charge in [-0.3, -0.25) is 4.99 Å². The Kier molecular flexibility index (Phi) is 6.69. The van der Waals surface area contributed by atoms with Gasteiger partial charge in [-0.1, -0.05) is 92.9 Å². The molecule has 198 valence electrons. The summed E-state index contributed by atoms with van der Waals surface area (Å²) in [6.07, 6.45) is 4.99. The van der Waals surface area contributed by atoms with Crippen LogP contribution in [0.1, 0.15) is 63.3 Å². The first-order chi connectivity index (χ1) is 19.2. The summed E-state index contributed by atoms with van der Waals surface area (Å²) < 4.78 is 13.1. The lowest BCUT2D eigenvalue weighted by atomic mass is 9.62. The monoisotopic (exact) mass is 520 g/mol. The number of nitrogens with one attached hydrogen (secondary N) is 1. The summed E-state index contributed by atoms with van der Waals surface area (Å²) in [5, 5.41) is 9.40. The minimum Gasteiger partial charge on any atom is -0.439 e. The van der Waals surface area contributed by atoms with Crippen LogP contribution >= 0.6 is 0 Å². The topological polar surface area (TPSA) is 101 Å². The number of rotatable bonds is 9. The lowest BCUT2D eigenvalue weighted by Gasteiger charge is -2.45. The van der Waals surface area contributed by atoms with Crippen molar-refractivity contribution in [3.8, 4) is 0 Å². The van der Waals surface area contributed by atoms with Crippen LogP contribution in [0, 0.1) is 0 Å². The van der Waals surface area contributed by atoms with Crippen molar-refractivity contribution in [1.29, 1.82) is 0 Å². The Hall–Kier alpha value is -4.33. The quantitative estimate of drug-likeness (QED) is 0.203. The molecule has 6 rings (SSSR count). The zero-order chi connectivity index (χ0) is 26.7. The predicted octanol–water partition coefficient (Wildman–Crippen LogP) is 7.51. The highest BCUT2D eigenvalue weighted by molar-refractivity contribution is 5.96. The van der Waals surface area contributed by atoms with Gasteiger partial charge in [0, 0.05) is 6.54 Å². The van der Waals surface area contributed by atoms with E-state index in [4.69, 9.17) is 28.9 Å². The highest BCUT2D eigenvalue weighted by Crippen LogP contribution is 2.54. The molecule has 0 bridgehead atoms. The fourth-order valence-electron chi connectivity index (χ4n) is 5.64. The van der Waals surface area contributed by atoms with Crippen molar-refractivity contribution in [1.82, 2.24) is 15.4 Å². The second-order valence-corrected chi connectivity index (χ2v) is 9.91. The smallest absolute Gasteiger partial charge is 0.231 e. The average molecular weight is 521 g/mol. The first-order valence-electron chi connectivity index (χ1n) is 13.7. The van der Waals surface area contributed by atoms with Crippen molar-refractivity contribution in [2.45, 2.75) is 56.9 Å². The van der Waals surface area contributed by atoms with E-state index >= 15 is 0 Å². The molecule has 1 aliphatic rings. The van der Waals surface area contributed by atoms with E-state index in [9.17, 15) is 0 Å². The second-order valence-electron chi connectivity index (χ2n) is 9.91. The molecule has 1 N–H and O–H groups in total. The molecule has 2 aromatic heterocycles. The van der Waals surface area contributed by atoms with Crippen LogP contribution in [0.25, 0.3) is 22.2 Å². The number of nitrogens with zero attached hydrogens (tertiary/aromatic N) is 5. The molecule has 0 saturated heterocycles. The summed E-state index contributed by atoms with van der Waals surface area (Å²) in [7, 11) is 0. The van der Waals surface area contributed by atoms with E-state index in [2.05, 4.69) is 24.5 Å². The SMILES string of the molecule is CCCCCCN=C1NN=NC(c2ccccc2)(c2nc3ccccc3o2)C1(CC)c1nc2ccccc2o1. The lowest BCUT2D eigenvalue weighted by Crippen LogP contribution is -2.60. The molecular formula is C31H32N6O2. The summed E-state index contributed by atoms with van der Waals surface area (Å²) in [4.78, 5) is 15.1. The first kappa shape index (κ1) is 25.0. The zero-order valence-corrected chi connectivity index (χ0v) is 22.3. The number of benzene rings is 3. The Morgan fingerprint density at radius 2 is 1.38 bits per heavy atom. The van der Waals surface area contributed by atoms with E-state index in [0.717, 1.165) is 29.4 Å². The molecule has 0 saturated carbocycles. The molecule has 2 unspecified atom stereocenters. The van der Waals surface area contributed by atoms with Gasteiger partial charge in [-0.15, -0.1) is 5.11 Å². The Labute approximate surface area is 227 Å². The van der Waals surface area contributed by atoms with Gasteiger partial charge in [0.05, 0.1) is 0 Å². The van der Waals surface area contributed by atoms with Crippen molar-refractivity contribution in [2.75, 3.05) is 6.54 Å². The third-order valence-corrected chi connectivity index (χ3v) is 7.64. The van der Waals surface area contributed by atoms with Gasteiger partial charge in [-0.05, 0) is 42.7 Å². The number of amidine groups is 1. The van der Waals surface area contributed by atoms with Gasteiger partial charge in [-0.25, -0.2) is 15.4 Å². The number of aromatic nitrogens is 2. The first-order valence-corrected chi connectivity index (χ1v) is 13.7.